The highest BCUT2D eigenvalue weighted by atomic mass is 16.2. The first-order valence-corrected chi connectivity index (χ1v) is 7.19. The third-order valence-electron chi connectivity index (χ3n) is 3.94. The number of hydrogen-bond donors (Lipinski definition) is 2. The van der Waals surface area contributed by atoms with Crippen LogP contribution >= 0.6 is 0 Å². The van der Waals surface area contributed by atoms with Crippen LogP contribution in [0.25, 0.3) is 0 Å². The molecule has 4 heteroatoms. The normalized spacial score (nSPS) is 13.9. The van der Waals surface area contributed by atoms with Crippen LogP contribution in [0.4, 0.5) is 5.69 Å². The first-order chi connectivity index (χ1) is 10.1. The molecule has 3 rings (SSSR count). The van der Waals surface area contributed by atoms with Crippen molar-refractivity contribution in [3.05, 3.63) is 52.3 Å². The third-order valence-corrected chi connectivity index (χ3v) is 3.94. The van der Waals surface area contributed by atoms with Crippen LogP contribution in [0.1, 0.15) is 50.5 Å². The van der Waals surface area contributed by atoms with E-state index in [9.17, 15) is 9.59 Å². The largest absolute Gasteiger partial charge is 0.354 e. The fourth-order valence-electron chi connectivity index (χ4n) is 2.92. The lowest BCUT2D eigenvalue weighted by atomic mass is 9.94. The molecular weight excluding hydrogens is 264 g/mol. The fourth-order valence-corrected chi connectivity index (χ4v) is 2.92. The summed E-state index contributed by atoms with van der Waals surface area (Å²) in [6, 6.07) is 7.66. The van der Waals surface area contributed by atoms with Gasteiger partial charge in [-0.25, -0.2) is 0 Å². The third kappa shape index (κ3) is 2.49. The van der Waals surface area contributed by atoms with Gasteiger partial charge < -0.3 is 10.3 Å². The monoisotopic (exact) mass is 282 g/mol. The quantitative estimate of drug-likeness (QED) is 0.886. The minimum Gasteiger partial charge on any atom is -0.354 e. The smallest absolute Gasteiger partial charge is 0.272 e. The maximum Gasteiger partial charge on any atom is 0.272 e. The maximum atomic E-state index is 12.4. The number of amides is 1. The number of hydrogen-bond acceptors (Lipinski definition) is 2. The van der Waals surface area contributed by atoms with Crippen molar-refractivity contribution >= 4 is 17.4 Å². The van der Waals surface area contributed by atoms with Crippen molar-refractivity contribution in [1.29, 1.82) is 0 Å². The zero-order chi connectivity index (χ0) is 15.0. The van der Waals surface area contributed by atoms with Crippen molar-refractivity contribution in [2.24, 2.45) is 0 Å². The molecule has 0 spiro atoms. The van der Waals surface area contributed by atoms with Gasteiger partial charge in [0.25, 0.3) is 5.91 Å². The summed E-state index contributed by atoms with van der Waals surface area (Å²) in [5.41, 5.74) is 4.73. The number of carbonyl (C=O) groups excluding carboxylic acids is 2. The van der Waals surface area contributed by atoms with Gasteiger partial charge in [0.05, 0.1) is 0 Å². The minimum absolute atomic E-state index is 0.139. The van der Waals surface area contributed by atoms with Crippen molar-refractivity contribution < 1.29 is 9.59 Å². The molecule has 1 aromatic heterocycles. The second-order valence-corrected chi connectivity index (χ2v) is 5.58. The van der Waals surface area contributed by atoms with Crippen LogP contribution in [0.2, 0.25) is 0 Å². The van der Waals surface area contributed by atoms with E-state index in [-0.39, 0.29) is 11.7 Å². The summed E-state index contributed by atoms with van der Waals surface area (Å²) in [6.45, 7) is 3.82. The van der Waals surface area contributed by atoms with E-state index in [0.29, 0.717) is 12.1 Å². The molecular formula is C17H18N2O2. The minimum atomic E-state index is -0.194. The number of rotatable bonds is 2. The van der Waals surface area contributed by atoms with E-state index in [1.54, 1.807) is 0 Å². The zero-order valence-corrected chi connectivity index (χ0v) is 12.2. The number of aryl methyl sites for hydroxylation is 2. The molecule has 0 aliphatic heterocycles. The average molecular weight is 282 g/mol. The summed E-state index contributed by atoms with van der Waals surface area (Å²) >= 11 is 0. The summed E-state index contributed by atoms with van der Waals surface area (Å²) in [5, 5.41) is 2.88. The van der Waals surface area contributed by atoms with Gasteiger partial charge in [0, 0.05) is 23.4 Å². The SMILES string of the molecule is Cc1cccc(NC(=O)c2[nH]c3c(c2C)C(=O)CCC3)c1. The Hall–Kier alpha value is -2.36. The van der Waals surface area contributed by atoms with E-state index in [4.69, 9.17) is 0 Å². The average Bonchev–Trinajstić information content (AvgIpc) is 2.77. The Morgan fingerprint density at radius 2 is 2.05 bits per heavy atom. The molecule has 108 valence electrons. The van der Waals surface area contributed by atoms with Crippen LogP contribution in [0, 0.1) is 13.8 Å². The van der Waals surface area contributed by atoms with Crippen LogP contribution in [0.3, 0.4) is 0 Å². The number of H-pyrrole nitrogens is 1. The Balaban J connectivity index is 1.90. The molecule has 1 heterocycles. The van der Waals surface area contributed by atoms with Gasteiger partial charge in [-0.1, -0.05) is 12.1 Å². The number of benzene rings is 1. The number of anilines is 1. The van der Waals surface area contributed by atoms with Crippen LogP contribution in [-0.4, -0.2) is 16.7 Å². The van der Waals surface area contributed by atoms with Gasteiger partial charge in [0.1, 0.15) is 5.69 Å². The Morgan fingerprint density at radius 1 is 1.24 bits per heavy atom. The molecule has 2 N–H and O–H groups in total. The topological polar surface area (TPSA) is 62.0 Å². The number of aromatic nitrogens is 1. The highest BCUT2D eigenvalue weighted by Gasteiger charge is 2.26. The number of nitrogens with one attached hydrogen (secondary N) is 2. The van der Waals surface area contributed by atoms with Gasteiger partial charge in [0.2, 0.25) is 0 Å². The van der Waals surface area contributed by atoms with Crippen molar-refractivity contribution in [3.63, 3.8) is 0 Å². The van der Waals surface area contributed by atoms with Crippen molar-refractivity contribution in [2.75, 3.05) is 5.32 Å². The van der Waals surface area contributed by atoms with Crippen LogP contribution < -0.4 is 5.32 Å². The van der Waals surface area contributed by atoms with Gasteiger partial charge in [-0.05, 0) is 49.9 Å². The van der Waals surface area contributed by atoms with E-state index in [1.165, 1.54) is 0 Å². The number of fused-ring (bicyclic) bond motifs is 1. The van der Waals surface area contributed by atoms with Gasteiger partial charge in [-0.3, -0.25) is 9.59 Å². The summed E-state index contributed by atoms with van der Waals surface area (Å²) in [7, 11) is 0. The Morgan fingerprint density at radius 3 is 2.76 bits per heavy atom. The molecule has 0 atom stereocenters. The predicted octanol–water partition coefficient (Wildman–Crippen LogP) is 3.40. The van der Waals surface area contributed by atoms with Gasteiger partial charge >= 0.3 is 0 Å². The molecule has 1 aliphatic rings. The molecule has 4 nitrogen and oxygen atoms in total. The molecule has 0 unspecified atom stereocenters. The van der Waals surface area contributed by atoms with Crippen molar-refractivity contribution in [3.8, 4) is 0 Å². The van der Waals surface area contributed by atoms with Gasteiger partial charge in [-0.15, -0.1) is 0 Å². The number of carbonyl (C=O) groups is 2. The highest BCUT2D eigenvalue weighted by molar-refractivity contribution is 6.08. The van der Waals surface area contributed by atoms with E-state index < -0.39 is 0 Å². The number of aromatic amines is 1. The molecule has 0 radical (unpaired) electrons. The number of Topliss-reactive ketones (excluding diaryl/α,β-unsaturated/α-hetero) is 1. The number of ketones is 1. The van der Waals surface area contributed by atoms with E-state index >= 15 is 0 Å². The van der Waals surface area contributed by atoms with Gasteiger partial charge in [-0.2, -0.15) is 0 Å². The maximum absolute atomic E-state index is 12.4. The Kier molecular flexibility index (Phi) is 3.37. The van der Waals surface area contributed by atoms with Gasteiger partial charge in [0.15, 0.2) is 5.78 Å². The lowest BCUT2D eigenvalue weighted by Crippen LogP contribution is -2.14. The van der Waals surface area contributed by atoms with Crippen LogP contribution in [0.15, 0.2) is 24.3 Å². The zero-order valence-electron chi connectivity index (χ0n) is 12.2. The van der Waals surface area contributed by atoms with E-state index in [0.717, 1.165) is 40.9 Å². The Bertz CT molecular complexity index is 728. The van der Waals surface area contributed by atoms with Crippen molar-refractivity contribution in [1.82, 2.24) is 4.98 Å². The molecule has 21 heavy (non-hydrogen) atoms. The molecule has 2 aromatic rings. The molecule has 0 saturated carbocycles. The van der Waals surface area contributed by atoms with E-state index in [2.05, 4.69) is 10.3 Å². The first kappa shape index (κ1) is 13.6. The van der Waals surface area contributed by atoms with Crippen LogP contribution in [0.5, 0.6) is 0 Å². The predicted molar refractivity (Wildman–Crippen MR) is 81.9 cm³/mol. The molecule has 1 amide bonds. The lowest BCUT2D eigenvalue weighted by Gasteiger charge is -2.09. The van der Waals surface area contributed by atoms with Crippen LogP contribution in [-0.2, 0) is 6.42 Å². The molecule has 0 fully saturated rings. The Labute approximate surface area is 123 Å². The summed E-state index contributed by atoms with van der Waals surface area (Å²) < 4.78 is 0. The lowest BCUT2D eigenvalue weighted by molar-refractivity contribution is 0.0971. The second-order valence-electron chi connectivity index (χ2n) is 5.58. The molecule has 0 saturated heterocycles. The van der Waals surface area contributed by atoms with Crippen molar-refractivity contribution in [2.45, 2.75) is 33.1 Å². The fraction of sp³-hybridized carbons (Fsp3) is 0.294. The summed E-state index contributed by atoms with van der Waals surface area (Å²) in [4.78, 5) is 27.5. The first-order valence-electron chi connectivity index (χ1n) is 7.19. The summed E-state index contributed by atoms with van der Waals surface area (Å²) in [5.74, 6) is -0.0556. The standard InChI is InChI=1S/C17H18N2O2/c1-10-5-3-6-12(9-10)18-17(21)16-11(2)15-13(19-16)7-4-8-14(15)20/h3,5-6,9,19H,4,7-8H2,1-2H3,(H,18,21). The second kappa shape index (κ2) is 5.20. The molecule has 1 aromatic carbocycles. The van der Waals surface area contributed by atoms with E-state index in [1.807, 2.05) is 38.1 Å². The molecule has 1 aliphatic carbocycles. The highest BCUT2D eigenvalue weighted by Crippen LogP contribution is 2.27. The summed E-state index contributed by atoms with van der Waals surface area (Å²) in [6.07, 6.45) is 2.26. The molecule has 0 bridgehead atoms.